The molecule has 0 spiro atoms. The highest BCUT2D eigenvalue weighted by Crippen LogP contribution is 2.33. The molecule has 2 amide bonds. The van der Waals surface area contributed by atoms with Crippen LogP contribution in [-0.4, -0.2) is 45.8 Å². The quantitative estimate of drug-likeness (QED) is 0.750. The fraction of sp³-hybridized carbons (Fsp3) is 0.444. The number of rotatable bonds is 3. The SMILES string of the molecule is CC1Oc2c(cccc2C(=O)Nc2nc(C3CCNCC3)nn2C)NC1=O. The molecule has 3 heterocycles. The van der Waals surface area contributed by atoms with Gasteiger partial charge in [-0.25, -0.2) is 4.68 Å². The molecule has 4 rings (SSSR count). The molecule has 1 aromatic heterocycles. The minimum absolute atomic E-state index is 0.236. The maximum atomic E-state index is 12.8. The van der Waals surface area contributed by atoms with Crippen LogP contribution in [0, 0.1) is 0 Å². The number of para-hydroxylation sites is 1. The average Bonchev–Trinajstić information content (AvgIpc) is 3.03. The molecule has 1 fully saturated rings. The van der Waals surface area contributed by atoms with Gasteiger partial charge in [0.25, 0.3) is 11.8 Å². The molecular formula is C18H22N6O3. The van der Waals surface area contributed by atoms with Gasteiger partial charge in [-0.15, -0.1) is 0 Å². The number of ether oxygens (including phenoxy) is 1. The maximum absolute atomic E-state index is 12.8. The van der Waals surface area contributed by atoms with E-state index in [1.54, 1.807) is 36.9 Å². The third kappa shape index (κ3) is 3.37. The number of amides is 2. The molecule has 1 atom stereocenters. The van der Waals surface area contributed by atoms with Crippen LogP contribution in [0.2, 0.25) is 0 Å². The highest BCUT2D eigenvalue weighted by Gasteiger charge is 2.28. The van der Waals surface area contributed by atoms with Gasteiger partial charge < -0.3 is 15.4 Å². The number of hydrogen-bond acceptors (Lipinski definition) is 6. The van der Waals surface area contributed by atoms with Crippen molar-refractivity contribution >= 4 is 23.5 Å². The highest BCUT2D eigenvalue weighted by molar-refractivity contribution is 6.08. The lowest BCUT2D eigenvalue weighted by Gasteiger charge is -2.24. The smallest absolute Gasteiger partial charge is 0.265 e. The molecule has 1 aromatic carbocycles. The summed E-state index contributed by atoms with van der Waals surface area (Å²) in [6, 6.07) is 5.06. The van der Waals surface area contributed by atoms with Crippen LogP contribution in [0.15, 0.2) is 18.2 Å². The number of fused-ring (bicyclic) bond motifs is 1. The largest absolute Gasteiger partial charge is 0.478 e. The zero-order chi connectivity index (χ0) is 19.0. The number of carbonyl (C=O) groups excluding carboxylic acids is 2. The molecule has 0 saturated carbocycles. The Morgan fingerprint density at radius 1 is 1.33 bits per heavy atom. The molecule has 2 aliphatic rings. The maximum Gasteiger partial charge on any atom is 0.265 e. The number of piperidine rings is 1. The van der Waals surface area contributed by atoms with E-state index in [4.69, 9.17) is 4.74 Å². The topological polar surface area (TPSA) is 110 Å². The van der Waals surface area contributed by atoms with Crippen molar-refractivity contribution < 1.29 is 14.3 Å². The summed E-state index contributed by atoms with van der Waals surface area (Å²) in [6.07, 6.45) is 1.30. The summed E-state index contributed by atoms with van der Waals surface area (Å²) in [5.41, 5.74) is 0.824. The van der Waals surface area contributed by atoms with E-state index in [-0.39, 0.29) is 11.8 Å². The second kappa shape index (κ2) is 6.99. The van der Waals surface area contributed by atoms with Crippen molar-refractivity contribution in [2.75, 3.05) is 23.7 Å². The van der Waals surface area contributed by atoms with Gasteiger partial charge in [0.05, 0.1) is 11.3 Å². The molecule has 9 nitrogen and oxygen atoms in total. The monoisotopic (exact) mass is 370 g/mol. The molecule has 0 bridgehead atoms. The van der Waals surface area contributed by atoms with E-state index in [0.29, 0.717) is 28.9 Å². The summed E-state index contributed by atoms with van der Waals surface area (Å²) in [5, 5.41) is 13.3. The molecule has 2 aromatic rings. The number of anilines is 2. The van der Waals surface area contributed by atoms with Crippen LogP contribution in [0.3, 0.4) is 0 Å². The minimum atomic E-state index is -0.659. The molecule has 27 heavy (non-hydrogen) atoms. The van der Waals surface area contributed by atoms with Crippen LogP contribution in [0.4, 0.5) is 11.6 Å². The number of nitrogens with zero attached hydrogens (tertiary/aromatic N) is 3. The van der Waals surface area contributed by atoms with Crippen molar-refractivity contribution in [1.29, 1.82) is 0 Å². The van der Waals surface area contributed by atoms with E-state index >= 15 is 0 Å². The number of aromatic nitrogens is 3. The molecule has 2 aliphatic heterocycles. The van der Waals surface area contributed by atoms with Crippen molar-refractivity contribution in [2.24, 2.45) is 7.05 Å². The van der Waals surface area contributed by atoms with Gasteiger partial charge in [-0.3, -0.25) is 14.9 Å². The van der Waals surface area contributed by atoms with E-state index < -0.39 is 6.10 Å². The average molecular weight is 370 g/mol. The van der Waals surface area contributed by atoms with E-state index in [1.165, 1.54) is 0 Å². The Morgan fingerprint density at radius 3 is 2.89 bits per heavy atom. The molecule has 1 unspecified atom stereocenters. The van der Waals surface area contributed by atoms with Gasteiger partial charge in [0.1, 0.15) is 0 Å². The Hall–Kier alpha value is -2.94. The first-order valence-electron chi connectivity index (χ1n) is 9.06. The van der Waals surface area contributed by atoms with Crippen molar-refractivity contribution in [1.82, 2.24) is 20.1 Å². The Kier molecular flexibility index (Phi) is 4.53. The van der Waals surface area contributed by atoms with Crippen LogP contribution in [0.25, 0.3) is 0 Å². The summed E-state index contributed by atoms with van der Waals surface area (Å²) in [6.45, 7) is 3.53. The molecular weight excluding hydrogens is 348 g/mol. The third-order valence-corrected chi connectivity index (χ3v) is 4.89. The lowest BCUT2D eigenvalue weighted by atomic mass is 9.98. The van der Waals surface area contributed by atoms with Crippen LogP contribution >= 0.6 is 0 Å². The second-order valence-corrected chi connectivity index (χ2v) is 6.83. The van der Waals surface area contributed by atoms with Gasteiger partial charge >= 0.3 is 0 Å². The molecule has 0 aliphatic carbocycles. The summed E-state index contributed by atoms with van der Waals surface area (Å²) in [7, 11) is 1.76. The lowest BCUT2D eigenvalue weighted by Crippen LogP contribution is -2.35. The van der Waals surface area contributed by atoms with E-state index in [0.717, 1.165) is 31.8 Å². The summed E-state index contributed by atoms with van der Waals surface area (Å²) < 4.78 is 7.22. The van der Waals surface area contributed by atoms with Crippen molar-refractivity contribution in [3.05, 3.63) is 29.6 Å². The Balaban J connectivity index is 1.56. The summed E-state index contributed by atoms with van der Waals surface area (Å²) in [4.78, 5) is 29.1. The highest BCUT2D eigenvalue weighted by atomic mass is 16.5. The first-order valence-corrected chi connectivity index (χ1v) is 9.06. The van der Waals surface area contributed by atoms with Gasteiger partial charge in [0.2, 0.25) is 5.95 Å². The van der Waals surface area contributed by atoms with E-state index in [1.807, 2.05) is 0 Å². The normalized spacial score (nSPS) is 19.8. The van der Waals surface area contributed by atoms with E-state index in [2.05, 4.69) is 26.0 Å². The number of carbonyl (C=O) groups is 2. The zero-order valence-electron chi connectivity index (χ0n) is 15.3. The Morgan fingerprint density at radius 2 is 2.11 bits per heavy atom. The van der Waals surface area contributed by atoms with Crippen molar-refractivity contribution in [3.8, 4) is 5.75 Å². The molecule has 142 valence electrons. The third-order valence-electron chi connectivity index (χ3n) is 4.89. The van der Waals surface area contributed by atoms with Crippen LogP contribution in [0.1, 0.15) is 41.9 Å². The van der Waals surface area contributed by atoms with Gasteiger partial charge in [0.15, 0.2) is 17.7 Å². The van der Waals surface area contributed by atoms with Crippen LogP contribution in [-0.2, 0) is 11.8 Å². The number of hydrogen-bond donors (Lipinski definition) is 3. The van der Waals surface area contributed by atoms with Gasteiger partial charge in [-0.05, 0) is 45.0 Å². The first kappa shape index (κ1) is 17.5. The van der Waals surface area contributed by atoms with Crippen LogP contribution in [0.5, 0.6) is 5.75 Å². The molecule has 0 radical (unpaired) electrons. The standard InChI is InChI=1S/C18H22N6O3/c1-10-16(25)20-13-5-3-4-12(14(13)27-10)17(26)22-18-21-15(23-24(18)2)11-6-8-19-9-7-11/h3-5,10-11,19H,6-9H2,1-2H3,(H,20,25)(H,21,22,23,26). The Labute approximate surface area is 156 Å². The van der Waals surface area contributed by atoms with Crippen LogP contribution < -0.4 is 20.7 Å². The van der Waals surface area contributed by atoms with Gasteiger partial charge in [0, 0.05) is 13.0 Å². The summed E-state index contributed by atoms with van der Waals surface area (Å²) >= 11 is 0. The zero-order valence-corrected chi connectivity index (χ0v) is 15.3. The van der Waals surface area contributed by atoms with E-state index in [9.17, 15) is 9.59 Å². The van der Waals surface area contributed by atoms with Crippen molar-refractivity contribution in [3.63, 3.8) is 0 Å². The molecule has 9 heteroatoms. The minimum Gasteiger partial charge on any atom is -0.478 e. The molecule has 1 saturated heterocycles. The fourth-order valence-corrected chi connectivity index (χ4v) is 3.34. The number of aryl methyl sites for hydroxylation is 1. The summed E-state index contributed by atoms with van der Waals surface area (Å²) in [5.74, 6) is 1.21. The lowest BCUT2D eigenvalue weighted by molar-refractivity contribution is -0.122. The number of nitrogens with one attached hydrogen (secondary N) is 3. The van der Waals surface area contributed by atoms with Gasteiger partial charge in [-0.2, -0.15) is 10.1 Å². The van der Waals surface area contributed by atoms with Gasteiger partial charge in [-0.1, -0.05) is 6.07 Å². The van der Waals surface area contributed by atoms with Crippen molar-refractivity contribution in [2.45, 2.75) is 31.8 Å². The Bertz CT molecular complexity index is 887. The fourth-order valence-electron chi connectivity index (χ4n) is 3.34. The first-order chi connectivity index (χ1) is 13.0. The predicted molar refractivity (Wildman–Crippen MR) is 99.0 cm³/mol. The second-order valence-electron chi connectivity index (χ2n) is 6.83. The predicted octanol–water partition coefficient (Wildman–Crippen LogP) is 1.25. The molecule has 3 N–H and O–H groups in total. The number of benzene rings is 1.